The maximum atomic E-state index is 13.2. The number of nitrogens with one attached hydrogen (secondary N) is 1. The van der Waals surface area contributed by atoms with Crippen LogP contribution in [0.2, 0.25) is 0 Å². The highest BCUT2D eigenvalue weighted by Gasteiger charge is 2.44. The van der Waals surface area contributed by atoms with E-state index in [4.69, 9.17) is 4.74 Å². The van der Waals surface area contributed by atoms with Gasteiger partial charge in [-0.1, -0.05) is 34.1 Å². The number of aromatic nitrogens is 1. The Hall–Kier alpha value is -1.61. The molecule has 0 saturated carbocycles. The molecule has 0 unspecified atom stereocenters. The molecule has 0 spiro atoms. The highest BCUT2D eigenvalue weighted by molar-refractivity contribution is 7.09. The molecule has 0 aliphatic carbocycles. The van der Waals surface area contributed by atoms with E-state index in [1.165, 1.54) is 0 Å². The first-order valence-electron chi connectivity index (χ1n) is 12.4. The van der Waals surface area contributed by atoms with Crippen molar-refractivity contribution in [1.29, 1.82) is 0 Å². The van der Waals surface area contributed by atoms with Gasteiger partial charge in [0, 0.05) is 17.7 Å². The van der Waals surface area contributed by atoms with Crippen LogP contribution in [-0.2, 0) is 14.3 Å². The highest BCUT2D eigenvalue weighted by Crippen LogP contribution is 2.35. The third-order valence-corrected chi connectivity index (χ3v) is 8.35. The molecule has 8 heteroatoms. The number of carbonyl (C=O) groups is 2. The average molecular weight is 493 g/mol. The molecule has 2 fully saturated rings. The lowest BCUT2D eigenvalue weighted by Crippen LogP contribution is -2.47. The molecule has 3 rings (SSSR count). The predicted octanol–water partition coefficient (Wildman–Crippen LogP) is 3.66. The summed E-state index contributed by atoms with van der Waals surface area (Å²) >= 11 is 1.58. The van der Waals surface area contributed by atoms with Crippen LogP contribution in [0.5, 0.6) is 0 Å². The number of hydrogen-bond acceptors (Lipinski definition) is 7. The molecular weight excluding hydrogens is 452 g/mol. The van der Waals surface area contributed by atoms with Crippen LogP contribution in [0.4, 0.5) is 0 Å². The number of aliphatic hydroxyl groups excluding tert-OH is 2. The lowest BCUT2D eigenvalue weighted by molar-refractivity contribution is -0.143. The SMILES string of the molecule is CC(=Cc1csc(C)n1)[C@H]1C[C@@H]2O[C@H]2CCC[C@@H](C)[C@@H](O)[C@H](C)C(=O)C(C)(C)[C@H](O)CC(=O)N1. The Morgan fingerprint density at radius 3 is 2.59 bits per heavy atom. The second-order valence-corrected chi connectivity index (χ2v) is 11.8. The van der Waals surface area contributed by atoms with Crippen molar-refractivity contribution < 1.29 is 24.5 Å². The second kappa shape index (κ2) is 11.0. The van der Waals surface area contributed by atoms with Crippen molar-refractivity contribution in [1.82, 2.24) is 10.3 Å². The van der Waals surface area contributed by atoms with Crippen molar-refractivity contribution in [2.75, 3.05) is 0 Å². The summed E-state index contributed by atoms with van der Waals surface area (Å²) in [4.78, 5) is 30.6. The second-order valence-electron chi connectivity index (χ2n) is 10.7. The van der Waals surface area contributed by atoms with Crippen LogP contribution in [-0.4, -0.2) is 57.3 Å². The predicted molar refractivity (Wildman–Crippen MR) is 133 cm³/mol. The van der Waals surface area contributed by atoms with Gasteiger partial charge < -0.3 is 20.3 Å². The van der Waals surface area contributed by atoms with Gasteiger partial charge in [-0.25, -0.2) is 4.98 Å². The Morgan fingerprint density at radius 1 is 1.24 bits per heavy atom. The summed E-state index contributed by atoms with van der Waals surface area (Å²) < 4.78 is 5.91. The smallest absolute Gasteiger partial charge is 0.223 e. The number of aryl methyl sites for hydroxylation is 1. The fraction of sp³-hybridized carbons (Fsp3) is 0.731. The zero-order chi connectivity index (χ0) is 25.2. The van der Waals surface area contributed by atoms with Gasteiger partial charge in [-0.15, -0.1) is 11.3 Å². The number of Topliss-reactive ketones (excluding diaryl/α,β-unsaturated/α-hetero) is 1. The average Bonchev–Trinajstić information content (AvgIpc) is 3.38. The van der Waals surface area contributed by atoms with Crippen molar-refractivity contribution in [3.05, 3.63) is 21.7 Å². The summed E-state index contributed by atoms with van der Waals surface area (Å²) in [6.07, 6.45) is 3.31. The van der Waals surface area contributed by atoms with Crippen LogP contribution in [0.25, 0.3) is 6.08 Å². The normalized spacial score (nSPS) is 36.0. The number of hydrogen-bond donors (Lipinski definition) is 3. The molecule has 1 aromatic rings. The standard InChI is InChI=1S/C26H40N2O5S/c1-14-8-7-9-20-21(33-20)11-19(15(2)10-18-13-34-17(4)27-18)28-23(30)12-22(29)26(5,6)25(32)16(3)24(14)31/h10,13-14,16,19-22,24,29,31H,7-9,11-12H2,1-6H3,(H,28,30)/t14-,16+,19-,20+,21+,22-,24-/m1/s1. The summed E-state index contributed by atoms with van der Waals surface area (Å²) in [6, 6.07) is -0.247. The van der Waals surface area contributed by atoms with E-state index in [1.54, 1.807) is 32.1 Å². The van der Waals surface area contributed by atoms with Crippen molar-refractivity contribution in [3.8, 4) is 0 Å². The van der Waals surface area contributed by atoms with E-state index in [1.807, 2.05) is 32.2 Å². The summed E-state index contributed by atoms with van der Waals surface area (Å²) in [5, 5.41) is 27.7. The zero-order valence-corrected chi connectivity index (χ0v) is 22.0. The minimum absolute atomic E-state index is 0.0419. The van der Waals surface area contributed by atoms with Crippen LogP contribution in [0.1, 0.15) is 77.4 Å². The summed E-state index contributed by atoms with van der Waals surface area (Å²) in [6.45, 7) is 10.9. The van der Waals surface area contributed by atoms with Crippen molar-refractivity contribution in [3.63, 3.8) is 0 Å². The van der Waals surface area contributed by atoms with E-state index in [0.717, 1.165) is 35.5 Å². The lowest BCUT2D eigenvalue weighted by Gasteiger charge is -2.34. The molecule has 0 bridgehead atoms. The van der Waals surface area contributed by atoms with Gasteiger partial charge in [-0.2, -0.15) is 0 Å². The third kappa shape index (κ3) is 6.53. The van der Waals surface area contributed by atoms with E-state index >= 15 is 0 Å². The van der Waals surface area contributed by atoms with E-state index in [-0.39, 0.29) is 42.3 Å². The maximum absolute atomic E-state index is 13.2. The van der Waals surface area contributed by atoms with Crippen LogP contribution >= 0.6 is 11.3 Å². The van der Waals surface area contributed by atoms with Gasteiger partial charge in [0.05, 0.1) is 53.0 Å². The number of fused-ring (bicyclic) bond motifs is 1. The van der Waals surface area contributed by atoms with Crippen LogP contribution < -0.4 is 5.32 Å². The molecule has 7 atom stereocenters. The Bertz CT molecular complexity index is 911. The quantitative estimate of drug-likeness (QED) is 0.543. The molecule has 1 aromatic heterocycles. The molecule has 2 saturated heterocycles. The number of thiazole rings is 1. The van der Waals surface area contributed by atoms with Crippen molar-refractivity contribution in [2.45, 2.75) is 104 Å². The molecule has 0 radical (unpaired) electrons. The third-order valence-electron chi connectivity index (χ3n) is 7.56. The van der Waals surface area contributed by atoms with Gasteiger partial charge in [-0.3, -0.25) is 9.59 Å². The fourth-order valence-electron chi connectivity index (χ4n) is 4.91. The van der Waals surface area contributed by atoms with Gasteiger partial charge in [-0.05, 0) is 44.3 Å². The Morgan fingerprint density at radius 2 is 1.94 bits per heavy atom. The Balaban J connectivity index is 1.81. The van der Waals surface area contributed by atoms with Crippen LogP contribution in [0.15, 0.2) is 11.0 Å². The molecule has 34 heavy (non-hydrogen) atoms. The summed E-state index contributed by atoms with van der Waals surface area (Å²) in [5.41, 5.74) is 0.685. The molecule has 0 aromatic carbocycles. The van der Waals surface area contributed by atoms with Crippen molar-refractivity contribution in [2.24, 2.45) is 17.3 Å². The van der Waals surface area contributed by atoms with E-state index < -0.39 is 23.5 Å². The van der Waals surface area contributed by atoms with Gasteiger partial charge in [0.15, 0.2) is 0 Å². The number of aliphatic hydroxyl groups is 2. The van der Waals surface area contributed by atoms with Crippen LogP contribution in [0, 0.1) is 24.2 Å². The monoisotopic (exact) mass is 492 g/mol. The largest absolute Gasteiger partial charge is 0.392 e. The number of ether oxygens (including phenoxy) is 1. The number of nitrogens with zero attached hydrogens (tertiary/aromatic N) is 1. The van der Waals surface area contributed by atoms with Gasteiger partial charge in [0.25, 0.3) is 0 Å². The highest BCUT2D eigenvalue weighted by atomic mass is 32.1. The molecule has 2 aliphatic heterocycles. The number of amides is 1. The van der Waals surface area contributed by atoms with E-state index in [2.05, 4.69) is 10.3 Å². The number of ketones is 1. The minimum Gasteiger partial charge on any atom is -0.392 e. The fourth-order valence-corrected chi connectivity index (χ4v) is 5.48. The first-order chi connectivity index (χ1) is 15.9. The van der Waals surface area contributed by atoms with E-state index in [9.17, 15) is 19.8 Å². The number of epoxide rings is 1. The molecule has 190 valence electrons. The molecule has 3 N–H and O–H groups in total. The summed E-state index contributed by atoms with van der Waals surface area (Å²) in [7, 11) is 0. The van der Waals surface area contributed by atoms with Gasteiger partial charge in [0.1, 0.15) is 5.78 Å². The molecule has 2 aliphatic rings. The lowest BCUT2D eigenvalue weighted by atomic mass is 9.73. The van der Waals surface area contributed by atoms with E-state index in [0.29, 0.717) is 6.42 Å². The Labute approximate surface area is 207 Å². The first-order valence-corrected chi connectivity index (χ1v) is 13.2. The molecule has 3 heterocycles. The first kappa shape index (κ1) is 27.0. The minimum atomic E-state index is -1.16. The van der Waals surface area contributed by atoms with Gasteiger partial charge in [0.2, 0.25) is 5.91 Å². The Kier molecular flexibility index (Phi) is 8.71. The maximum Gasteiger partial charge on any atom is 0.223 e. The zero-order valence-electron chi connectivity index (χ0n) is 21.2. The molecule has 1 amide bonds. The number of carbonyl (C=O) groups excluding carboxylic acids is 2. The number of rotatable bonds is 2. The van der Waals surface area contributed by atoms with Crippen LogP contribution in [0.3, 0.4) is 0 Å². The topological polar surface area (TPSA) is 112 Å². The molecule has 7 nitrogen and oxygen atoms in total. The van der Waals surface area contributed by atoms with Gasteiger partial charge >= 0.3 is 0 Å². The molecular formula is C26H40N2O5S. The van der Waals surface area contributed by atoms with Crippen molar-refractivity contribution >= 4 is 29.1 Å². The summed E-state index contributed by atoms with van der Waals surface area (Å²) in [5.74, 6) is -1.21.